The lowest BCUT2D eigenvalue weighted by molar-refractivity contribution is 0.00489. The second-order valence-electron chi connectivity index (χ2n) is 4.79. The van der Waals surface area contributed by atoms with Crippen molar-refractivity contribution in [2.24, 2.45) is 5.92 Å². The molecule has 2 aliphatic rings. The molecule has 2 rings (SSSR count). The zero-order valence-corrected chi connectivity index (χ0v) is 10.4. The van der Waals surface area contributed by atoms with Crippen molar-refractivity contribution in [2.75, 3.05) is 19.7 Å². The SMILES string of the molecule is C1CCC(COC2CCNCC2)CC1.Cl. The lowest BCUT2D eigenvalue weighted by atomic mass is 9.90. The fourth-order valence-corrected chi connectivity index (χ4v) is 2.59. The first-order valence-electron chi connectivity index (χ1n) is 6.27. The molecule has 1 N–H and O–H groups in total. The van der Waals surface area contributed by atoms with Crippen LogP contribution in [0.3, 0.4) is 0 Å². The highest BCUT2D eigenvalue weighted by atomic mass is 35.5. The summed E-state index contributed by atoms with van der Waals surface area (Å²) in [6, 6.07) is 0. The van der Waals surface area contributed by atoms with E-state index in [-0.39, 0.29) is 12.4 Å². The first kappa shape index (κ1) is 13.3. The van der Waals surface area contributed by atoms with E-state index >= 15 is 0 Å². The van der Waals surface area contributed by atoms with Gasteiger partial charge in [0, 0.05) is 6.61 Å². The van der Waals surface area contributed by atoms with Crippen molar-refractivity contribution in [1.29, 1.82) is 0 Å². The van der Waals surface area contributed by atoms with Crippen molar-refractivity contribution in [2.45, 2.75) is 51.0 Å². The van der Waals surface area contributed by atoms with E-state index in [0.29, 0.717) is 6.10 Å². The summed E-state index contributed by atoms with van der Waals surface area (Å²) in [6.45, 7) is 3.33. The van der Waals surface area contributed by atoms with Crippen LogP contribution in [0.5, 0.6) is 0 Å². The molecule has 0 atom stereocenters. The van der Waals surface area contributed by atoms with Crippen molar-refractivity contribution in [3.05, 3.63) is 0 Å². The van der Waals surface area contributed by atoms with Crippen LogP contribution in [-0.4, -0.2) is 25.8 Å². The average molecular weight is 234 g/mol. The number of rotatable bonds is 3. The summed E-state index contributed by atoms with van der Waals surface area (Å²) in [6.07, 6.45) is 10.1. The normalized spacial score (nSPS) is 24.8. The van der Waals surface area contributed by atoms with Gasteiger partial charge in [0.2, 0.25) is 0 Å². The third kappa shape index (κ3) is 4.71. The molecule has 15 heavy (non-hydrogen) atoms. The molecule has 0 spiro atoms. The van der Waals surface area contributed by atoms with Crippen molar-refractivity contribution >= 4 is 12.4 Å². The van der Waals surface area contributed by atoms with Crippen LogP contribution in [0.1, 0.15) is 44.9 Å². The van der Waals surface area contributed by atoms with Crippen LogP contribution in [0.4, 0.5) is 0 Å². The Balaban J connectivity index is 0.00000112. The average Bonchev–Trinajstić information content (AvgIpc) is 2.29. The van der Waals surface area contributed by atoms with Gasteiger partial charge in [-0.3, -0.25) is 0 Å². The fraction of sp³-hybridized carbons (Fsp3) is 1.00. The summed E-state index contributed by atoms with van der Waals surface area (Å²) in [4.78, 5) is 0. The number of halogens is 1. The summed E-state index contributed by atoms with van der Waals surface area (Å²) >= 11 is 0. The van der Waals surface area contributed by atoms with Gasteiger partial charge >= 0.3 is 0 Å². The van der Waals surface area contributed by atoms with Crippen LogP contribution in [0.2, 0.25) is 0 Å². The Kier molecular flexibility index (Phi) is 6.62. The Morgan fingerprint density at radius 2 is 1.60 bits per heavy atom. The van der Waals surface area contributed by atoms with Crippen LogP contribution in [-0.2, 0) is 4.74 Å². The van der Waals surface area contributed by atoms with Gasteiger partial charge in [-0.1, -0.05) is 19.3 Å². The molecule has 0 aromatic heterocycles. The molecule has 1 aliphatic heterocycles. The van der Waals surface area contributed by atoms with Crippen LogP contribution < -0.4 is 5.32 Å². The minimum atomic E-state index is 0. The third-order valence-electron chi connectivity index (χ3n) is 3.58. The maximum Gasteiger partial charge on any atom is 0.0599 e. The van der Waals surface area contributed by atoms with E-state index in [0.717, 1.165) is 25.6 Å². The van der Waals surface area contributed by atoms with Crippen LogP contribution in [0.25, 0.3) is 0 Å². The molecule has 0 aromatic carbocycles. The van der Waals surface area contributed by atoms with Crippen molar-refractivity contribution in [1.82, 2.24) is 5.32 Å². The topological polar surface area (TPSA) is 21.3 Å². The van der Waals surface area contributed by atoms with Gasteiger partial charge in [-0.15, -0.1) is 12.4 Å². The van der Waals surface area contributed by atoms with Crippen molar-refractivity contribution < 1.29 is 4.74 Å². The molecular weight excluding hydrogens is 210 g/mol. The van der Waals surface area contributed by atoms with Gasteiger partial charge in [0.15, 0.2) is 0 Å². The molecule has 0 bridgehead atoms. The van der Waals surface area contributed by atoms with E-state index in [1.54, 1.807) is 0 Å². The second kappa shape index (κ2) is 7.48. The zero-order chi connectivity index (χ0) is 9.64. The van der Waals surface area contributed by atoms with Crippen LogP contribution in [0.15, 0.2) is 0 Å². The summed E-state index contributed by atoms with van der Waals surface area (Å²) in [5.74, 6) is 0.874. The standard InChI is InChI=1S/C12H23NO.ClH/c1-2-4-11(5-3-1)10-14-12-6-8-13-9-7-12;/h11-13H,1-10H2;1H. The fourth-order valence-electron chi connectivity index (χ4n) is 2.59. The monoisotopic (exact) mass is 233 g/mol. The van der Waals surface area contributed by atoms with Gasteiger partial charge in [0.05, 0.1) is 6.10 Å². The van der Waals surface area contributed by atoms with E-state index in [4.69, 9.17) is 4.74 Å². The Hall–Kier alpha value is 0.210. The molecule has 0 unspecified atom stereocenters. The molecular formula is C12H24ClNO. The van der Waals surface area contributed by atoms with Gasteiger partial charge in [0.1, 0.15) is 0 Å². The Bertz CT molecular complexity index is 136. The minimum Gasteiger partial charge on any atom is -0.378 e. The molecule has 90 valence electrons. The van der Waals surface area contributed by atoms with Gasteiger partial charge in [-0.2, -0.15) is 0 Å². The first-order chi connectivity index (χ1) is 6.95. The van der Waals surface area contributed by atoms with Crippen LogP contribution in [0, 0.1) is 5.92 Å². The number of hydrogen-bond acceptors (Lipinski definition) is 2. The first-order valence-corrected chi connectivity index (χ1v) is 6.27. The van der Waals surface area contributed by atoms with Crippen molar-refractivity contribution in [3.63, 3.8) is 0 Å². The van der Waals surface area contributed by atoms with Crippen molar-refractivity contribution in [3.8, 4) is 0 Å². The van der Waals surface area contributed by atoms with Crippen LogP contribution >= 0.6 is 12.4 Å². The number of piperidine rings is 1. The Morgan fingerprint density at radius 1 is 0.933 bits per heavy atom. The molecule has 0 aromatic rings. The maximum absolute atomic E-state index is 5.98. The highest BCUT2D eigenvalue weighted by Crippen LogP contribution is 2.24. The molecule has 2 nitrogen and oxygen atoms in total. The van der Waals surface area contributed by atoms with Gasteiger partial charge < -0.3 is 10.1 Å². The summed E-state index contributed by atoms with van der Waals surface area (Å²) in [5.41, 5.74) is 0. The van der Waals surface area contributed by atoms with E-state index in [9.17, 15) is 0 Å². The predicted molar refractivity (Wildman–Crippen MR) is 65.7 cm³/mol. The largest absolute Gasteiger partial charge is 0.378 e. The number of ether oxygens (including phenoxy) is 1. The predicted octanol–water partition coefficient (Wildman–Crippen LogP) is 2.76. The highest BCUT2D eigenvalue weighted by Gasteiger charge is 2.17. The molecule has 0 amide bonds. The molecule has 0 radical (unpaired) electrons. The molecule has 1 saturated heterocycles. The lowest BCUT2D eigenvalue weighted by Crippen LogP contribution is -2.33. The van der Waals surface area contributed by atoms with E-state index in [1.807, 2.05) is 0 Å². The molecule has 3 heteroatoms. The van der Waals surface area contributed by atoms with Gasteiger partial charge in [-0.25, -0.2) is 0 Å². The molecule has 2 fully saturated rings. The van der Waals surface area contributed by atoms with E-state index in [1.165, 1.54) is 44.9 Å². The smallest absolute Gasteiger partial charge is 0.0599 e. The maximum atomic E-state index is 5.98. The van der Waals surface area contributed by atoms with E-state index in [2.05, 4.69) is 5.32 Å². The number of nitrogens with one attached hydrogen (secondary N) is 1. The Morgan fingerprint density at radius 3 is 2.27 bits per heavy atom. The molecule has 1 heterocycles. The van der Waals surface area contributed by atoms with Gasteiger partial charge in [0.25, 0.3) is 0 Å². The third-order valence-corrected chi connectivity index (χ3v) is 3.58. The molecule has 1 saturated carbocycles. The highest BCUT2D eigenvalue weighted by molar-refractivity contribution is 5.85. The summed E-state index contributed by atoms with van der Waals surface area (Å²) < 4.78 is 5.98. The van der Waals surface area contributed by atoms with Gasteiger partial charge in [-0.05, 0) is 44.7 Å². The Labute approximate surface area is 99.6 Å². The number of hydrogen-bond donors (Lipinski definition) is 1. The molecule has 1 aliphatic carbocycles. The quantitative estimate of drug-likeness (QED) is 0.810. The zero-order valence-electron chi connectivity index (χ0n) is 9.54. The van der Waals surface area contributed by atoms with E-state index < -0.39 is 0 Å². The minimum absolute atomic E-state index is 0. The lowest BCUT2D eigenvalue weighted by Gasteiger charge is -2.27. The summed E-state index contributed by atoms with van der Waals surface area (Å²) in [7, 11) is 0. The summed E-state index contributed by atoms with van der Waals surface area (Å²) in [5, 5.41) is 3.37. The second-order valence-corrected chi connectivity index (χ2v) is 4.79.